The molecule has 2 nitrogen and oxygen atoms in total. The van der Waals surface area contributed by atoms with Crippen molar-refractivity contribution >= 4 is 27.6 Å². The predicted molar refractivity (Wildman–Crippen MR) is 126 cm³/mol. The van der Waals surface area contributed by atoms with Crippen LogP contribution < -0.4 is 0 Å². The highest BCUT2D eigenvalue weighted by Crippen LogP contribution is 2.50. The maximum atomic E-state index is 13.8. The number of fused-ring (bicyclic) bond motifs is 3. The number of hydrogen-bond donors (Lipinski definition) is 0. The van der Waals surface area contributed by atoms with Crippen LogP contribution in [0.2, 0.25) is 0 Å². The van der Waals surface area contributed by atoms with Gasteiger partial charge < -0.3 is 4.57 Å². The second kappa shape index (κ2) is 6.82. The maximum absolute atomic E-state index is 13.8. The zero-order chi connectivity index (χ0) is 20.8. The van der Waals surface area contributed by atoms with Crippen LogP contribution in [0.5, 0.6) is 0 Å². The van der Waals surface area contributed by atoms with Crippen LogP contribution in [0.3, 0.4) is 0 Å². The van der Waals surface area contributed by atoms with E-state index in [1.165, 1.54) is 10.8 Å². The van der Waals surface area contributed by atoms with Crippen molar-refractivity contribution in [1.82, 2.24) is 4.57 Å². The zero-order valence-corrected chi connectivity index (χ0v) is 17.0. The largest absolute Gasteiger partial charge is 0.332 e. The summed E-state index contributed by atoms with van der Waals surface area (Å²) in [5, 5.41) is 2.42. The Bertz CT molecular complexity index is 1350. The molecule has 0 saturated carbocycles. The minimum atomic E-state index is -0.812. The predicted octanol–water partition coefficient (Wildman–Crippen LogP) is 6.46. The molecule has 0 fully saturated rings. The van der Waals surface area contributed by atoms with Gasteiger partial charge in [-0.1, -0.05) is 103 Å². The number of benzene rings is 4. The van der Waals surface area contributed by atoms with E-state index in [0.717, 1.165) is 22.2 Å². The molecule has 31 heavy (non-hydrogen) atoms. The van der Waals surface area contributed by atoms with Crippen LogP contribution >= 0.6 is 0 Å². The molecule has 1 aliphatic carbocycles. The maximum Gasteiger partial charge on any atom is 0.172 e. The Morgan fingerprint density at radius 3 is 1.55 bits per heavy atom. The molecule has 0 N–H and O–H groups in total. The first-order valence-electron chi connectivity index (χ1n) is 10.6. The number of aromatic nitrogens is 1. The Morgan fingerprint density at radius 2 is 1.03 bits per heavy atom. The van der Waals surface area contributed by atoms with Gasteiger partial charge in [-0.05, 0) is 29.3 Å². The fourth-order valence-electron chi connectivity index (χ4n) is 5.33. The van der Waals surface area contributed by atoms with Crippen LogP contribution in [-0.2, 0) is 10.2 Å². The third kappa shape index (κ3) is 2.42. The molecule has 0 unspecified atom stereocenters. The number of hydrogen-bond acceptors (Lipinski definition) is 1. The molecule has 1 aliphatic rings. The van der Waals surface area contributed by atoms with E-state index in [0.29, 0.717) is 0 Å². The minimum absolute atomic E-state index is 0.122. The first kappa shape index (κ1) is 17.9. The molecule has 6 rings (SSSR count). The lowest BCUT2D eigenvalue weighted by molar-refractivity contribution is -0.118. The molecule has 1 atom stereocenters. The molecule has 148 valence electrons. The number of para-hydroxylation sites is 2. The average molecular weight is 399 g/mol. The van der Waals surface area contributed by atoms with Crippen molar-refractivity contribution in [2.45, 2.75) is 11.5 Å². The van der Waals surface area contributed by atoms with E-state index in [4.69, 9.17) is 0 Å². The van der Waals surface area contributed by atoms with Gasteiger partial charge in [0.25, 0.3) is 0 Å². The van der Waals surface area contributed by atoms with Gasteiger partial charge in [0.15, 0.2) is 5.78 Å². The van der Waals surface area contributed by atoms with Gasteiger partial charge in [-0.15, -0.1) is 0 Å². The van der Waals surface area contributed by atoms with Crippen LogP contribution in [0.15, 0.2) is 121 Å². The molecule has 5 aromatic rings. The molecule has 0 bridgehead atoms. The zero-order valence-electron chi connectivity index (χ0n) is 17.0. The summed E-state index contributed by atoms with van der Waals surface area (Å²) in [4.78, 5) is 13.8. The molecule has 4 aromatic carbocycles. The average Bonchev–Trinajstić information content (AvgIpc) is 3.35. The summed E-state index contributed by atoms with van der Waals surface area (Å²) < 4.78 is 2.35. The van der Waals surface area contributed by atoms with Crippen molar-refractivity contribution in [2.24, 2.45) is 0 Å². The number of ketones is 1. The Balaban J connectivity index is 1.74. The Hall–Kier alpha value is -3.91. The van der Waals surface area contributed by atoms with E-state index in [1.807, 2.05) is 36.4 Å². The normalized spacial score (nSPS) is 17.5. The van der Waals surface area contributed by atoms with Crippen molar-refractivity contribution in [1.29, 1.82) is 0 Å². The van der Waals surface area contributed by atoms with Crippen LogP contribution in [0, 0.1) is 0 Å². The van der Waals surface area contributed by atoms with Crippen molar-refractivity contribution in [3.63, 3.8) is 0 Å². The second-order valence-corrected chi connectivity index (χ2v) is 8.11. The summed E-state index contributed by atoms with van der Waals surface area (Å²) in [5.74, 6) is 0.122. The molecule has 0 radical (unpaired) electrons. The summed E-state index contributed by atoms with van der Waals surface area (Å²) in [6.07, 6.45) is 3.86. The molecule has 1 aromatic heterocycles. The Morgan fingerprint density at radius 1 is 0.581 bits per heavy atom. The van der Waals surface area contributed by atoms with E-state index in [-0.39, 0.29) is 11.8 Å². The first-order valence-corrected chi connectivity index (χ1v) is 10.6. The van der Waals surface area contributed by atoms with E-state index in [9.17, 15) is 4.79 Å². The summed E-state index contributed by atoms with van der Waals surface area (Å²) in [6.45, 7) is 0. The lowest BCUT2D eigenvalue weighted by Gasteiger charge is -2.37. The van der Waals surface area contributed by atoms with E-state index < -0.39 is 5.41 Å². The number of carbonyl (C=O) groups is 1. The molecule has 0 saturated heterocycles. The molecular weight excluding hydrogens is 378 g/mol. The Labute approximate surface area is 181 Å². The summed E-state index contributed by atoms with van der Waals surface area (Å²) in [6, 6.07) is 37.2. The molecule has 0 spiro atoms. The van der Waals surface area contributed by atoms with Gasteiger partial charge in [0.1, 0.15) is 5.41 Å². The summed E-state index contributed by atoms with van der Waals surface area (Å²) in [5.41, 5.74) is 3.51. The third-order valence-electron chi connectivity index (χ3n) is 6.62. The van der Waals surface area contributed by atoms with Crippen molar-refractivity contribution in [3.05, 3.63) is 132 Å². The van der Waals surface area contributed by atoms with Gasteiger partial charge in [-0.25, -0.2) is 0 Å². The molecule has 0 aliphatic heterocycles. The van der Waals surface area contributed by atoms with E-state index >= 15 is 0 Å². The van der Waals surface area contributed by atoms with Crippen molar-refractivity contribution in [3.8, 4) is 0 Å². The molecule has 2 heteroatoms. The van der Waals surface area contributed by atoms with Gasteiger partial charge in [-0.3, -0.25) is 4.79 Å². The topological polar surface area (TPSA) is 22.0 Å². The highest BCUT2D eigenvalue weighted by atomic mass is 16.1. The number of carbonyl (C=O) groups excluding carboxylic acids is 1. The third-order valence-corrected chi connectivity index (χ3v) is 6.62. The molecule has 1 heterocycles. The second-order valence-electron chi connectivity index (χ2n) is 8.11. The van der Waals surface area contributed by atoms with E-state index in [2.05, 4.69) is 83.4 Å². The summed E-state index contributed by atoms with van der Waals surface area (Å²) in [7, 11) is 0. The fourth-order valence-corrected chi connectivity index (χ4v) is 5.33. The lowest BCUT2D eigenvalue weighted by atomic mass is 9.69. The summed E-state index contributed by atoms with van der Waals surface area (Å²) >= 11 is 0. The molecular formula is C29H21NO. The van der Waals surface area contributed by atoms with Crippen LogP contribution in [0.1, 0.15) is 17.2 Å². The van der Waals surface area contributed by atoms with Crippen LogP contribution in [0.4, 0.5) is 0 Å². The molecule has 0 amide bonds. The first-order chi connectivity index (χ1) is 15.3. The minimum Gasteiger partial charge on any atom is -0.332 e. The fraction of sp³-hybridized carbons (Fsp3) is 0.0690. The van der Waals surface area contributed by atoms with Gasteiger partial charge in [0.2, 0.25) is 0 Å². The smallest absolute Gasteiger partial charge is 0.172 e. The van der Waals surface area contributed by atoms with Gasteiger partial charge in [0.05, 0.1) is 6.04 Å². The van der Waals surface area contributed by atoms with Crippen LogP contribution in [-0.4, -0.2) is 10.4 Å². The van der Waals surface area contributed by atoms with Crippen molar-refractivity contribution in [2.75, 3.05) is 0 Å². The quantitative estimate of drug-likeness (QED) is 0.341. The Kier molecular flexibility index (Phi) is 3.94. The highest BCUT2D eigenvalue weighted by molar-refractivity contribution is 6.10. The van der Waals surface area contributed by atoms with Gasteiger partial charge in [-0.2, -0.15) is 0 Å². The van der Waals surface area contributed by atoms with Crippen LogP contribution in [0.25, 0.3) is 21.8 Å². The van der Waals surface area contributed by atoms with Gasteiger partial charge in [0, 0.05) is 21.8 Å². The standard InChI is InChI=1S/C29H21NO/c31-28-20-19-27(29(28,21-11-3-1-4-12-21)22-13-5-2-6-14-22)30-25-17-9-7-15-23(25)24-16-8-10-18-26(24)30/h1-20,27H/t27-/m0/s1. The number of allylic oxidation sites excluding steroid dienone is 2. The van der Waals surface area contributed by atoms with Crippen molar-refractivity contribution < 1.29 is 4.79 Å². The highest BCUT2D eigenvalue weighted by Gasteiger charge is 2.51. The SMILES string of the molecule is O=C1C=C[C@H](n2c3ccccc3c3ccccc32)C1(c1ccccc1)c1ccccc1. The van der Waals surface area contributed by atoms with Gasteiger partial charge >= 0.3 is 0 Å². The van der Waals surface area contributed by atoms with E-state index in [1.54, 1.807) is 6.08 Å². The lowest BCUT2D eigenvalue weighted by Crippen LogP contribution is -2.40. The number of nitrogens with zero attached hydrogens (tertiary/aromatic N) is 1. The monoisotopic (exact) mass is 399 g/mol. The number of rotatable bonds is 3.